The van der Waals surface area contributed by atoms with Crippen LogP contribution >= 0.6 is 0 Å². The minimum atomic E-state index is -0.630. The van der Waals surface area contributed by atoms with Crippen LogP contribution in [-0.4, -0.2) is 45.7 Å². The molecule has 5 rings (SSSR count). The SMILES string of the molecule is COc1ccc(-c2c(-c3ccc(C#N)c(F)c3)nc(N3CCC[C@@H](N)C3)n3ccnc23)cc1O. The topological polar surface area (TPSA) is 113 Å². The zero-order valence-corrected chi connectivity index (χ0v) is 18.6. The van der Waals surface area contributed by atoms with Crippen molar-refractivity contribution in [3.8, 4) is 40.0 Å². The first-order valence-electron chi connectivity index (χ1n) is 10.9. The highest BCUT2D eigenvalue weighted by Gasteiger charge is 2.25. The number of aromatic hydroxyl groups is 1. The van der Waals surface area contributed by atoms with Crippen molar-refractivity contribution in [2.75, 3.05) is 25.1 Å². The number of hydrogen-bond donors (Lipinski definition) is 2. The van der Waals surface area contributed by atoms with E-state index in [-0.39, 0.29) is 17.4 Å². The molecule has 0 spiro atoms. The van der Waals surface area contributed by atoms with E-state index in [4.69, 9.17) is 20.7 Å². The fraction of sp³-hybridized carbons (Fsp3) is 0.240. The van der Waals surface area contributed by atoms with Crippen LogP contribution in [0.15, 0.2) is 48.8 Å². The number of halogens is 1. The molecular weight excluding hydrogens is 435 g/mol. The van der Waals surface area contributed by atoms with Gasteiger partial charge in [0.1, 0.15) is 17.5 Å². The van der Waals surface area contributed by atoms with Gasteiger partial charge in [-0.25, -0.2) is 14.4 Å². The van der Waals surface area contributed by atoms with Gasteiger partial charge in [0, 0.05) is 37.1 Å². The molecular formula is C25H23FN6O2. The average molecular weight is 458 g/mol. The molecule has 172 valence electrons. The molecule has 34 heavy (non-hydrogen) atoms. The number of ether oxygens (including phenoxy) is 1. The molecule has 0 radical (unpaired) electrons. The van der Waals surface area contributed by atoms with Gasteiger partial charge in [-0.15, -0.1) is 0 Å². The smallest absolute Gasteiger partial charge is 0.211 e. The summed E-state index contributed by atoms with van der Waals surface area (Å²) in [7, 11) is 1.48. The van der Waals surface area contributed by atoms with Crippen molar-refractivity contribution in [1.82, 2.24) is 14.4 Å². The maximum atomic E-state index is 14.6. The predicted octanol–water partition coefficient (Wildman–Crippen LogP) is 3.72. The number of imidazole rings is 1. The molecule has 0 aliphatic carbocycles. The molecule has 2 aromatic heterocycles. The Kier molecular flexibility index (Phi) is 5.51. The average Bonchev–Trinajstić information content (AvgIpc) is 3.32. The van der Waals surface area contributed by atoms with Gasteiger partial charge in [-0.05, 0) is 42.7 Å². The van der Waals surface area contributed by atoms with Crippen LogP contribution in [0.4, 0.5) is 10.3 Å². The van der Waals surface area contributed by atoms with E-state index in [2.05, 4.69) is 9.88 Å². The minimum absolute atomic E-state index is 0.0307. The number of nitrogens with zero attached hydrogens (tertiary/aromatic N) is 5. The van der Waals surface area contributed by atoms with E-state index in [9.17, 15) is 9.50 Å². The number of phenols is 1. The maximum Gasteiger partial charge on any atom is 0.211 e. The second-order valence-corrected chi connectivity index (χ2v) is 8.30. The molecule has 8 nitrogen and oxygen atoms in total. The Bertz CT molecular complexity index is 1430. The third-order valence-electron chi connectivity index (χ3n) is 6.10. The lowest BCUT2D eigenvalue weighted by atomic mass is 9.98. The third kappa shape index (κ3) is 3.68. The highest BCUT2D eigenvalue weighted by molar-refractivity contribution is 5.91. The van der Waals surface area contributed by atoms with Crippen molar-refractivity contribution in [3.05, 3.63) is 60.2 Å². The summed E-state index contributed by atoms with van der Waals surface area (Å²) in [4.78, 5) is 11.7. The van der Waals surface area contributed by atoms with Crippen molar-refractivity contribution in [2.45, 2.75) is 18.9 Å². The van der Waals surface area contributed by atoms with Crippen molar-refractivity contribution >= 4 is 11.6 Å². The lowest BCUT2D eigenvalue weighted by molar-refractivity contribution is 0.373. The van der Waals surface area contributed by atoms with Gasteiger partial charge in [-0.3, -0.25) is 4.40 Å². The molecule has 1 fully saturated rings. The summed E-state index contributed by atoms with van der Waals surface area (Å²) in [6, 6.07) is 11.3. The van der Waals surface area contributed by atoms with Gasteiger partial charge in [0.25, 0.3) is 0 Å². The van der Waals surface area contributed by atoms with E-state index in [1.165, 1.54) is 19.2 Å². The second-order valence-electron chi connectivity index (χ2n) is 8.30. The lowest BCUT2D eigenvalue weighted by Crippen LogP contribution is -2.44. The van der Waals surface area contributed by atoms with Gasteiger partial charge in [0.2, 0.25) is 5.95 Å². The van der Waals surface area contributed by atoms with Crippen molar-refractivity contribution in [3.63, 3.8) is 0 Å². The number of piperidine rings is 1. The van der Waals surface area contributed by atoms with Crippen molar-refractivity contribution in [2.24, 2.45) is 5.73 Å². The van der Waals surface area contributed by atoms with Crippen LogP contribution in [0.2, 0.25) is 0 Å². The molecule has 9 heteroatoms. The Morgan fingerprint density at radius 2 is 2.06 bits per heavy atom. The first-order chi connectivity index (χ1) is 16.5. The molecule has 3 N–H and O–H groups in total. The molecule has 0 saturated carbocycles. The predicted molar refractivity (Wildman–Crippen MR) is 126 cm³/mol. The van der Waals surface area contributed by atoms with Crippen molar-refractivity contribution < 1.29 is 14.2 Å². The summed E-state index contributed by atoms with van der Waals surface area (Å²) < 4.78 is 21.7. The number of aromatic nitrogens is 3. The molecule has 0 unspecified atom stereocenters. The van der Waals surface area contributed by atoms with Gasteiger partial charge < -0.3 is 20.5 Å². The molecule has 4 aromatic rings. The summed E-state index contributed by atoms with van der Waals surface area (Å²) in [6.45, 7) is 1.43. The van der Waals surface area contributed by atoms with Crippen LogP contribution in [0.3, 0.4) is 0 Å². The normalized spacial score (nSPS) is 15.9. The van der Waals surface area contributed by atoms with Crippen LogP contribution in [-0.2, 0) is 0 Å². The zero-order valence-electron chi connectivity index (χ0n) is 18.6. The molecule has 1 atom stereocenters. The van der Waals surface area contributed by atoms with Crippen LogP contribution in [0, 0.1) is 17.1 Å². The van der Waals surface area contributed by atoms with Crippen LogP contribution < -0.4 is 15.4 Å². The van der Waals surface area contributed by atoms with Gasteiger partial charge >= 0.3 is 0 Å². The van der Waals surface area contributed by atoms with Gasteiger partial charge in [-0.1, -0.05) is 12.1 Å². The minimum Gasteiger partial charge on any atom is -0.504 e. The van der Waals surface area contributed by atoms with E-state index < -0.39 is 5.82 Å². The Morgan fingerprint density at radius 1 is 1.24 bits per heavy atom. The van der Waals surface area contributed by atoms with Crippen molar-refractivity contribution in [1.29, 1.82) is 5.26 Å². The van der Waals surface area contributed by atoms with Gasteiger partial charge in [0.05, 0.1) is 23.9 Å². The summed E-state index contributed by atoms with van der Waals surface area (Å²) in [5, 5.41) is 19.6. The van der Waals surface area contributed by atoms with E-state index in [1.807, 2.05) is 16.7 Å². The highest BCUT2D eigenvalue weighted by atomic mass is 19.1. The maximum absolute atomic E-state index is 14.6. The molecule has 1 aliphatic heterocycles. The molecule has 1 saturated heterocycles. The molecule has 0 amide bonds. The molecule has 3 heterocycles. The van der Waals surface area contributed by atoms with Crippen LogP contribution in [0.5, 0.6) is 11.5 Å². The monoisotopic (exact) mass is 458 g/mol. The second kappa shape index (κ2) is 8.65. The van der Waals surface area contributed by atoms with Crippen LogP contribution in [0.1, 0.15) is 18.4 Å². The van der Waals surface area contributed by atoms with E-state index >= 15 is 0 Å². The Balaban J connectivity index is 1.79. The fourth-order valence-corrected chi connectivity index (χ4v) is 4.45. The highest BCUT2D eigenvalue weighted by Crippen LogP contribution is 2.40. The first-order valence-corrected chi connectivity index (χ1v) is 10.9. The number of methoxy groups -OCH3 is 1. The summed E-state index contributed by atoms with van der Waals surface area (Å²) >= 11 is 0. The number of benzene rings is 2. The molecule has 1 aliphatic rings. The third-order valence-corrected chi connectivity index (χ3v) is 6.10. The summed E-state index contributed by atoms with van der Waals surface area (Å²) in [5.74, 6) is 0.327. The Labute approximate surface area is 195 Å². The number of nitriles is 1. The number of hydrogen-bond acceptors (Lipinski definition) is 7. The summed E-state index contributed by atoms with van der Waals surface area (Å²) in [5.41, 5.74) is 9.04. The number of phenolic OH excluding ortho intramolecular Hbond substituents is 1. The fourth-order valence-electron chi connectivity index (χ4n) is 4.45. The van der Waals surface area contributed by atoms with Gasteiger partial charge in [0.15, 0.2) is 11.5 Å². The molecule has 2 aromatic carbocycles. The van der Waals surface area contributed by atoms with Crippen LogP contribution in [0.25, 0.3) is 28.0 Å². The van der Waals surface area contributed by atoms with E-state index in [1.54, 1.807) is 30.5 Å². The first kappa shape index (κ1) is 21.7. The lowest BCUT2D eigenvalue weighted by Gasteiger charge is -2.32. The van der Waals surface area contributed by atoms with E-state index in [0.717, 1.165) is 19.4 Å². The number of fused-ring (bicyclic) bond motifs is 1. The number of anilines is 1. The Hall–Kier alpha value is -4.16. The number of nitrogens with two attached hydrogens (primary N) is 1. The number of rotatable bonds is 4. The zero-order chi connectivity index (χ0) is 23.8. The van der Waals surface area contributed by atoms with E-state index in [0.29, 0.717) is 46.3 Å². The standard InChI is InChI=1S/C25H23FN6O2/c1-34-21-7-6-15(12-20(21)33)22-23(16-4-5-17(13-27)19(26)11-16)30-25(32-10-8-29-24(22)32)31-9-2-3-18(28)14-31/h4-8,10-12,18,33H,2-3,9,14,28H2,1H3/t18-/m1/s1. The van der Waals surface area contributed by atoms with Gasteiger partial charge in [-0.2, -0.15) is 5.26 Å². The largest absolute Gasteiger partial charge is 0.504 e. The molecule has 0 bridgehead atoms. The quantitative estimate of drug-likeness (QED) is 0.479. The summed E-state index contributed by atoms with van der Waals surface area (Å²) in [6.07, 6.45) is 5.39. The Morgan fingerprint density at radius 3 is 2.76 bits per heavy atom.